The first-order valence-electron chi connectivity index (χ1n) is 6.34. The molecule has 1 aromatic rings. The number of carbonyl (C=O) groups excluding carboxylic acids is 1. The number of likely N-dealkylation sites (tertiary alicyclic amines) is 1. The zero-order valence-electron chi connectivity index (χ0n) is 10.8. The molecule has 1 aromatic carbocycles. The van der Waals surface area contributed by atoms with Crippen molar-refractivity contribution >= 4 is 5.91 Å². The predicted octanol–water partition coefficient (Wildman–Crippen LogP) is 2.36. The van der Waals surface area contributed by atoms with Gasteiger partial charge in [0, 0.05) is 12.6 Å². The van der Waals surface area contributed by atoms with Crippen LogP contribution in [0.4, 0.5) is 0 Å². The van der Waals surface area contributed by atoms with Crippen LogP contribution in [0.3, 0.4) is 0 Å². The van der Waals surface area contributed by atoms with Gasteiger partial charge in [-0.25, -0.2) is 0 Å². The molecular formula is C14H19NO3. The fraction of sp³-hybridized carbons (Fsp3) is 0.500. The Morgan fingerprint density at radius 1 is 1.39 bits per heavy atom. The Kier molecular flexibility index (Phi) is 3.45. The lowest BCUT2D eigenvalue weighted by atomic mass is 10.0. The highest BCUT2D eigenvalue weighted by molar-refractivity contribution is 5.98. The number of hydrogen-bond donors (Lipinski definition) is 2. The van der Waals surface area contributed by atoms with E-state index in [1.54, 1.807) is 17.0 Å². The first kappa shape index (κ1) is 12.7. The van der Waals surface area contributed by atoms with Gasteiger partial charge < -0.3 is 15.1 Å². The van der Waals surface area contributed by atoms with Crippen LogP contribution in [0, 0.1) is 5.92 Å². The van der Waals surface area contributed by atoms with Crippen LogP contribution in [0.5, 0.6) is 11.5 Å². The number of rotatable bonds is 2. The van der Waals surface area contributed by atoms with Crippen molar-refractivity contribution in [2.45, 2.75) is 32.7 Å². The molecular weight excluding hydrogens is 230 g/mol. The highest BCUT2D eigenvalue weighted by Gasteiger charge is 2.32. The second-order valence-corrected chi connectivity index (χ2v) is 5.13. The summed E-state index contributed by atoms with van der Waals surface area (Å²) < 4.78 is 0. The number of amides is 1. The van der Waals surface area contributed by atoms with Gasteiger partial charge in [0.1, 0.15) is 0 Å². The lowest BCUT2D eigenvalue weighted by molar-refractivity contribution is 0.0698. The zero-order chi connectivity index (χ0) is 13.3. The van der Waals surface area contributed by atoms with Crippen molar-refractivity contribution in [1.29, 1.82) is 0 Å². The van der Waals surface area contributed by atoms with Crippen molar-refractivity contribution in [3.8, 4) is 11.5 Å². The van der Waals surface area contributed by atoms with Gasteiger partial charge in [0.05, 0.1) is 5.56 Å². The number of hydrogen-bond acceptors (Lipinski definition) is 3. The van der Waals surface area contributed by atoms with Crippen LogP contribution >= 0.6 is 0 Å². The normalized spacial score (nSPS) is 19.5. The Labute approximate surface area is 107 Å². The largest absolute Gasteiger partial charge is 0.504 e. The molecule has 0 aromatic heterocycles. The standard InChI is InChI=1S/C14H19NO3/c1-9(2)11-6-4-8-15(11)14(18)10-5-3-7-12(16)13(10)17/h3,5,7,9,11,16-17H,4,6,8H2,1-2H3. The molecule has 1 saturated heterocycles. The van der Waals surface area contributed by atoms with E-state index >= 15 is 0 Å². The molecule has 4 nitrogen and oxygen atoms in total. The third kappa shape index (κ3) is 2.15. The number of carbonyl (C=O) groups is 1. The number of phenolic OH excluding ortho intramolecular Hbond substituents is 2. The Morgan fingerprint density at radius 2 is 2.11 bits per heavy atom. The molecule has 1 aliphatic rings. The maximum atomic E-state index is 12.4. The van der Waals surface area contributed by atoms with E-state index in [1.165, 1.54) is 6.07 Å². The van der Waals surface area contributed by atoms with E-state index in [9.17, 15) is 15.0 Å². The Morgan fingerprint density at radius 3 is 2.78 bits per heavy atom. The van der Waals surface area contributed by atoms with Crippen molar-refractivity contribution in [3.63, 3.8) is 0 Å². The average molecular weight is 249 g/mol. The minimum absolute atomic E-state index is 0.183. The molecule has 1 aliphatic heterocycles. The van der Waals surface area contributed by atoms with Crippen molar-refractivity contribution < 1.29 is 15.0 Å². The summed E-state index contributed by atoms with van der Waals surface area (Å²) in [7, 11) is 0. The van der Waals surface area contributed by atoms with Gasteiger partial charge in [0.25, 0.3) is 5.91 Å². The molecule has 1 unspecified atom stereocenters. The van der Waals surface area contributed by atoms with E-state index < -0.39 is 0 Å². The topological polar surface area (TPSA) is 60.8 Å². The molecule has 0 bridgehead atoms. The number of nitrogens with zero attached hydrogens (tertiary/aromatic N) is 1. The fourth-order valence-corrected chi connectivity index (χ4v) is 2.60. The van der Waals surface area contributed by atoms with Crippen LogP contribution < -0.4 is 0 Å². The summed E-state index contributed by atoms with van der Waals surface area (Å²) in [6.45, 7) is 4.91. The van der Waals surface area contributed by atoms with Crippen LogP contribution in [0.15, 0.2) is 18.2 Å². The molecule has 2 N–H and O–H groups in total. The Balaban J connectivity index is 2.28. The molecule has 0 saturated carbocycles. The van der Waals surface area contributed by atoms with Crippen LogP contribution in [-0.4, -0.2) is 33.6 Å². The first-order chi connectivity index (χ1) is 8.52. The van der Waals surface area contributed by atoms with Gasteiger partial charge in [-0.1, -0.05) is 19.9 Å². The summed E-state index contributed by atoms with van der Waals surface area (Å²) in [5.41, 5.74) is 0.183. The molecule has 0 spiro atoms. The van der Waals surface area contributed by atoms with Crippen molar-refractivity contribution in [1.82, 2.24) is 4.90 Å². The molecule has 1 amide bonds. The molecule has 98 valence electrons. The highest BCUT2D eigenvalue weighted by Crippen LogP contribution is 2.32. The molecule has 4 heteroatoms. The SMILES string of the molecule is CC(C)C1CCCN1C(=O)c1cccc(O)c1O. The number of benzene rings is 1. The van der Waals surface area contributed by atoms with E-state index in [2.05, 4.69) is 13.8 Å². The minimum Gasteiger partial charge on any atom is -0.504 e. The maximum absolute atomic E-state index is 12.4. The van der Waals surface area contributed by atoms with E-state index in [-0.39, 0.29) is 29.0 Å². The van der Waals surface area contributed by atoms with Gasteiger partial charge in [-0.3, -0.25) is 4.79 Å². The van der Waals surface area contributed by atoms with Crippen molar-refractivity contribution in [2.75, 3.05) is 6.54 Å². The molecule has 2 rings (SSSR count). The lowest BCUT2D eigenvalue weighted by Crippen LogP contribution is -2.38. The van der Waals surface area contributed by atoms with Gasteiger partial charge >= 0.3 is 0 Å². The smallest absolute Gasteiger partial charge is 0.258 e. The maximum Gasteiger partial charge on any atom is 0.258 e. The third-order valence-corrected chi connectivity index (χ3v) is 3.57. The molecule has 1 atom stereocenters. The molecule has 1 heterocycles. The highest BCUT2D eigenvalue weighted by atomic mass is 16.3. The minimum atomic E-state index is -0.322. The van der Waals surface area contributed by atoms with Crippen LogP contribution in [0.2, 0.25) is 0 Å². The first-order valence-corrected chi connectivity index (χ1v) is 6.34. The van der Waals surface area contributed by atoms with E-state index in [0.29, 0.717) is 5.92 Å². The summed E-state index contributed by atoms with van der Waals surface area (Å²) in [4.78, 5) is 14.2. The number of phenols is 2. The summed E-state index contributed by atoms with van der Waals surface area (Å²) >= 11 is 0. The van der Waals surface area contributed by atoms with Crippen molar-refractivity contribution in [3.05, 3.63) is 23.8 Å². The number of para-hydroxylation sites is 1. The Bertz CT molecular complexity index is 456. The summed E-state index contributed by atoms with van der Waals surface area (Å²) in [5, 5.41) is 19.2. The molecule has 18 heavy (non-hydrogen) atoms. The van der Waals surface area contributed by atoms with Crippen molar-refractivity contribution in [2.24, 2.45) is 5.92 Å². The Hall–Kier alpha value is -1.71. The lowest BCUT2D eigenvalue weighted by Gasteiger charge is -2.28. The average Bonchev–Trinajstić information content (AvgIpc) is 2.81. The summed E-state index contributed by atoms with van der Waals surface area (Å²) in [6, 6.07) is 4.71. The fourth-order valence-electron chi connectivity index (χ4n) is 2.60. The molecule has 1 fully saturated rings. The monoisotopic (exact) mass is 249 g/mol. The summed E-state index contributed by atoms with van der Waals surface area (Å²) in [6.07, 6.45) is 2.00. The predicted molar refractivity (Wildman–Crippen MR) is 68.7 cm³/mol. The van der Waals surface area contributed by atoms with Crippen LogP contribution in [0.25, 0.3) is 0 Å². The van der Waals surface area contributed by atoms with Gasteiger partial charge in [-0.15, -0.1) is 0 Å². The van der Waals surface area contributed by atoms with Gasteiger partial charge in [0.2, 0.25) is 0 Å². The van der Waals surface area contributed by atoms with Crippen LogP contribution in [0.1, 0.15) is 37.0 Å². The van der Waals surface area contributed by atoms with Crippen LogP contribution in [-0.2, 0) is 0 Å². The van der Waals surface area contributed by atoms with Gasteiger partial charge in [0.15, 0.2) is 11.5 Å². The quantitative estimate of drug-likeness (QED) is 0.791. The zero-order valence-corrected chi connectivity index (χ0v) is 10.8. The second kappa shape index (κ2) is 4.88. The summed E-state index contributed by atoms with van der Waals surface area (Å²) in [5.74, 6) is -0.367. The van der Waals surface area contributed by atoms with Gasteiger partial charge in [-0.05, 0) is 30.9 Å². The third-order valence-electron chi connectivity index (χ3n) is 3.57. The van der Waals surface area contributed by atoms with E-state index in [0.717, 1.165) is 19.4 Å². The van der Waals surface area contributed by atoms with E-state index in [4.69, 9.17) is 0 Å². The molecule has 0 radical (unpaired) electrons. The van der Waals surface area contributed by atoms with Gasteiger partial charge in [-0.2, -0.15) is 0 Å². The van der Waals surface area contributed by atoms with E-state index in [1.807, 2.05) is 0 Å². The number of aromatic hydroxyl groups is 2. The molecule has 0 aliphatic carbocycles. The second-order valence-electron chi connectivity index (χ2n) is 5.13.